The Kier molecular flexibility index (Phi) is 5.65. The SMILES string of the molecule is CO[C@@H](c1ccc(Cl)cc1)[C@H](C)NC(=O)c1sccc1Cl. The first-order valence-corrected chi connectivity index (χ1v) is 7.98. The number of halogens is 2. The Bertz CT molecular complexity index is 612. The van der Waals surface area contributed by atoms with E-state index in [0.717, 1.165) is 5.56 Å². The van der Waals surface area contributed by atoms with Crippen LogP contribution in [0.2, 0.25) is 10.0 Å². The summed E-state index contributed by atoms with van der Waals surface area (Å²) >= 11 is 13.2. The minimum absolute atomic E-state index is 0.196. The number of carbonyl (C=O) groups is 1. The molecule has 0 unspecified atom stereocenters. The number of amides is 1. The summed E-state index contributed by atoms with van der Waals surface area (Å²) in [5.41, 5.74) is 0.951. The highest BCUT2D eigenvalue weighted by atomic mass is 35.5. The molecule has 0 aliphatic rings. The third-order valence-corrected chi connectivity index (χ3v) is 4.68. The van der Waals surface area contributed by atoms with Gasteiger partial charge < -0.3 is 10.1 Å². The van der Waals surface area contributed by atoms with E-state index < -0.39 is 0 Å². The van der Waals surface area contributed by atoms with Crippen LogP contribution in [0, 0.1) is 0 Å². The molecule has 1 amide bonds. The Morgan fingerprint density at radius 1 is 1.24 bits per heavy atom. The Labute approximate surface area is 137 Å². The number of methoxy groups -OCH3 is 1. The van der Waals surface area contributed by atoms with E-state index in [4.69, 9.17) is 27.9 Å². The molecule has 0 fully saturated rings. The molecule has 21 heavy (non-hydrogen) atoms. The summed E-state index contributed by atoms with van der Waals surface area (Å²) in [6.07, 6.45) is -0.259. The zero-order valence-electron chi connectivity index (χ0n) is 11.6. The van der Waals surface area contributed by atoms with Crippen LogP contribution in [0.5, 0.6) is 0 Å². The number of hydrogen-bond acceptors (Lipinski definition) is 3. The van der Waals surface area contributed by atoms with Gasteiger partial charge in [-0.25, -0.2) is 0 Å². The normalized spacial score (nSPS) is 13.7. The molecule has 0 spiro atoms. The molecule has 0 saturated heterocycles. The highest BCUT2D eigenvalue weighted by molar-refractivity contribution is 7.12. The van der Waals surface area contributed by atoms with Gasteiger partial charge in [0.15, 0.2) is 0 Å². The smallest absolute Gasteiger partial charge is 0.263 e. The topological polar surface area (TPSA) is 38.3 Å². The first-order valence-electron chi connectivity index (χ1n) is 6.35. The summed E-state index contributed by atoms with van der Waals surface area (Å²) in [5.74, 6) is -0.196. The Balaban J connectivity index is 2.10. The maximum absolute atomic E-state index is 12.2. The molecule has 2 aromatic rings. The zero-order valence-corrected chi connectivity index (χ0v) is 13.9. The average molecular weight is 344 g/mol. The molecular weight excluding hydrogens is 329 g/mol. The van der Waals surface area contributed by atoms with Crippen LogP contribution in [-0.2, 0) is 4.74 Å². The molecule has 0 radical (unpaired) electrons. The fourth-order valence-electron chi connectivity index (χ4n) is 2.09. The van der Waals surface area contributed by atoms with Gasteiger partial charge in [0.2, 0.25) is 0 Å². The standard InChI is InChI=1S/C15H15Cl2NO2S/c1-9(18-15(19)14-12(17)7-8-21-14)13(20-2)10-3-5-11(16)6-4-10/h3-9,13H,1-2H3,(H,18,19)/t9-,13+/m0/s1. The van der Waals surface area contributed by atoms with Crippen molar-refractivity contribution in [2.24, 2.45) is 0 Å². The minimum Gasteiger partial charge on any atom is -0.375 e. The molecule has 0 saturated carbocycles. The highest BCUT2D eigenvalue weighted by Crippen LogP contribution is 2.25. The van der Waals surface area contributed by atoms with Crippen molar-refractivity contribution in [1.29, 1.82) is 0 Å². The van der Waals surface area contributed by atoms with Crippen molar-refractivity contribution < 1.29 is 9.53 Å². The zero-order chi connectivity index (χ0) is 15.4. The van der Waals surface area contributed by atoms with Crippen LogP contribution >= 0.6 is 34.5 Å². The Hall–Kier alpha value is -1.07. The molecule has 0 bridgehead atoms. The number of thiophene rings is 1. The number of hydrogen-bond donors (Lipinski definition) is 1. The van der Waals surface area contributed by atoms with Gasteiger partial charge >= 0.3 is 0 Å². The van der Waals surface area contributed by atoms with Gasteiger partial charge in [-0.3, -0.25) is 4.79 Å². The van der Waals surface area contributed by atoms with E-state index in [1.807, 2.05) is 19.1 Å². The lowest BCUT2D eigenvalue weighted by Crippen LogP contribution is -2.37. The van der Waals surface area contributed by atoms with Gasteiger partial charge in [0, 0.05) is 12.1 Å². The monoisotopic (exact) mass is 343 g/mol. The predicted molar refractivity (Wildman–Crippen MR) is 87.5 cm³/mol. The van der Waals surface area contributed by atoms with Crippen LogP contribution in [-0.4, -0.2) is 19.1 Å². The van der Waals surface area contributed by atoms with E-state index in [9.17, 15) is 4.79 Å². The molecule has 1 aromatic heterocycles. The van der Waals surface area contributed by atoms with Gasteiger partial charge in [-0.05, 0) is 36.1 Å². The van der Waals surface area contributed by atoms with Crippen LogP contribution in [0.25, 0.3) is 0 Å². The van der Waals surface area contributed by atoms with Crippen molar-refractivity contribution in [3.05, 3.63) is 56.2 Å². The van der Waals surface area contributed by atoms with Gasteiger partial charge in [0.05, 0.1) is 11.1 Å². The molecule has 1 aromatic carbocycles. The van der Waals surface area contributed by atoms with Crippen LogP contribution in [0.15, 0.2) is 35.7 Å². The summed E-state index contributed by atoms with van der Waals surface area (Å²) in [6, 6.07) is 8.87. The van der Waals surface area contributed by atoms with Gasteiger partial charge in [-0.1, -0.05) is 35.3 Å². The van der Waals surface area contributed by atoms with Crippen molar-refractivity contribution in [1.82, 2.24) is 5.32 Å². The molecule has 6 heteroatoms. The molecule has 3 nitrogen and oxygen atoms in total. The van der Waals surface area contributed by atoms with E-state index in [1.54, 1.807) is 30.7 Å². The number of benzene rings is 1. The predicted octanol–water partition coefficient (Wildman–Crippen LogP) is 4.56. The van der Waals surface area contributed by atoms with Gasteiger partial charge in [-0.2, -0.15) is 0 Å². The maximum atomic E-state index is 12.2. The van der Waals surface area contributed by atoms with Gasteiger partial charge in [-0.15, -0.1) is 11.3 Å². The van der Waals surface area contributed by atoms with Crippen molar-refractivity contribution in [3.8, 4) is 0 Å². The van der Waals surface area contributed by atoms with E-state index >= 15 is 0 Å². The summed E-state index contributed by atoms with van der Waals surface area (Å²) in [7, 11) is 1.61. The third-order valence-electron chi connectivity index (χ3n) is 3.09. The first-order chi connectivity index (χ1) is 10.0. The molecule has 0 aliphatic heterocycles. The van der Waals surface area contributed by atoms with Crippen LogP contribution < -0.4 is 5.32 Å². The lowest BCUT2D eigenvalue weighted by atomic mass is 10.0. The molecule has 0 aliphatic carbocycles. The summed E-state index contributed by atoms with van der Waals surface area (Å²) in [6.45, 7) is 1.89. The molecule has 1 N–H and O–H groups in total. The third kappa shape index (κ3) is 3.98. The van der Waals surface area contributed by atoms with E-state index in [-0.39, 0.29) is 18.1 Å². The van der Waals surface area contributed by atoms with E-state index in [1.165, 1.54) is 11.3 Å². The second-order valence-electron chi connectivity index (χ2n) is 4.57. The number of nitrogens with one attached hydrogen (secondary N) is 1. The molecule has 112 valence electrons. The summed E-state index contributed by atoms with van der Waals surface area (Å²) < 4.78 is 5.50. The summed E-state index contributed by atoms with van der Waals surface area (Å²) in [4.78, 5) is 12.7. The van der Waals surface area contributed by atoms with E-state index in [0.29, 0.717) is 14.9 Å². The van der Waals surface area contributed by atoms with Crippen molar-refractivity contribution >= 4 is 40.4 Å². The minimum atomic E-state index is -0.259. The van der Waals surface area contributed by atoms with Gasteiger partial charge in [0.1, 0.15) is 11.0 Å². The summed E-state index contributed by atoms with van der Waals surface area (Å²) in [5, 5.41) is 5.83. The molecule has 1 heterocycles. The molecule has 2 rings (SSSR count). The number of ether oxygens (including phenoxy) is 1. The molecule has 2 atom stereocenters. The first kappa shape index (κ1) is 16.3. The fraction of sp³-hybridized carbons (Fsp3) is 0.267. The second kappa shape index (κ2) is 7.27. The fourth-order valence-corrected chi connectivity index (χ4v) is 3.26. The number of rotatable bonds is 5. The Morgan fingerprint density at radius 2 is 1.90 bits per heavy atom. The number of carbonyl (C=O) groups excluding carboxylic acids is 1. The average Bonchev–Trinajstić information content (AvgIpc) is 2.88. The van der Waals surface area contributed by atoms with Crippen molar-refractivity contribution in [3.63, 3.8) is 0 Å². The van der Waals surface area contributed by atoms with Crippen molar-refractivity contribution in [2.75, 3.05) is 7.11 Å². The van der Waals surface area contributed by atoms with Crippen molar-refractivity contribution in [2.45, 2.75) is 19.1 Å². The highest BCUT2D eigenvalue weighted by Gasteiger charge is 2.22. The van der Waals surface area contributed by atoms with Crippen LogP contribution in [0.3, 0.4) is 0 Å². The lowest BCUT2D eigenvalue weighted by Gasteiger charge is -2.24. The second-order valence-corrected chi connectivity index (χ2v) is 6.33. The van der Waals surface area contributed by atoms with Crippen LogP contribution in [0.1, 0.15) is 28.3 Å². The van der Waals surface area contributed by atoms with E-state index in [2.05, 4.69) is 5.32 Å². The van der Waals surface area contributed by atoms with Crippen LogP contribution in [0.4, 0.5) is 0 Å². The largest absolute Gasteiger partial charge is 0.375 e. The quantitative estimate of drug-likeness (QED) is 0.863. The lowest BCUT2D eigenvalue weighted by molar-refractivity contribution is 0.0647. The molecular formula is C15H15Cl2NO2S. The Morgan fingerprint density at radius 3 is 2.43 bits per heavy atom. The maximum Gasteiger partial charge on any atom is 0.263 e. The van der Waals surface area contributed by atoms with Gasteiger partial charge in [0.25, 0.3) is 5.91 Å².